The van der Waals surface area contributed by atoms with Crippen LogP contribution >= 0.6 is 11.8 Å². The lowest BCUT2D eigenvalue weighted by Crippen LogP contribution is -2.49. The predicted octanol–water partition coefficient (Wildman–Crippen LogP) is 1.44. The first kappa shape index (κ1) is 15.6. The highest BCUT2D eigenvalue weighted by molar-refractivity contribution is 7.99. The second-order valence-corrected chi connectivity index (χ2v) is 5.85. The molecule has 1 heterocycles. The highest BCUT2D eigenvalue weighted by Crippen LogP contribution is 2.23. The number of aliphatic carboxylic acids is 1. The van der Waals surface area contributed by atoms with Gasteiger partial charge in [0.2, 0.25) is 0 Å². The Labute approximate surface area is 117 Å². The molecule has 0 aliphatic carbocycles. The van der Waals surface area contributed by atoms with Crippen LogP contribution in [0.1, 0.15) is 20.3 Å². The predicted molar refractivity (Wildman–Crippen MR) is 72.6 cm³/mol. The molecule has 1 saturated heterocycles. The van der Waals surface area contributed by atoms with E-state index in [-0.39, 0.29) is 18.4 Å². The molecule has 6 nitrogen and oxygen atoms in total. The number of amides is 2. The summed E-state index contributed by atoms with van der Waals surface area (Å²) < 4.78 is 0. The summed E-state index contributed by atoms with van der Waals surface area (Å²) in [5.74, 6) is 0.135. The Kier molecular flexibility index (Phi) is 5.96. The number of carbonyl (C=O) groups excluding carboxylic acids is 1. The van der Waals surface area contributed by atoms with Gasteiger partial charge in [-0.3, -0.25) is 0 Å². The topological polar surface area (TPSA) is 84.6 Å². The fraction of sp³-hybridized carbons (Fsp3) is 0.750. The molecule has 0 aromatic carbocycles. The van der Waals surface area contributed by atoms with Crippen molar-refractivity contribution in [1.82, 2.24) is 9.80 Å². The van der Waals surface area contributed by atoms with Gasteiger partial charge in [-0.05, 0) is 5.92 Å². The smallest absolute Gasteiger partial charge is 0.327 e. The Morgan fingerprint density at radius 1 is 1.58 bits per heavy atom. The van der Waals surface area contributed by atoms with Crippen LogP contribution in [0.5, 0.6) is 0 Å². The third-order valence-electron chi connectivity index (χ3n) is 2.76. The van der Waals surface area contributed by atoms with Crippen molar-refractivity contribution in [3.63, 3.8) is 0 Å². The average Bonchev–Trinajstić information content (AvgIpc) is 2.82. The third kappa shape index (κ3) is 4.31. The van der Waals surface area contributed by atoms with E-state index in [1.165, 1.54) is 16.7 Å². The summed E-state index contributed by atoms with van der Waals surface area (Å²) in [5.41, 5.74) is 0. The van der Waals surface area contributed by atoms with Gasteiger partial charge in [0.05, 0.1) is 18.4 Å². The standard InChI is InChI=1S/C12H19N3O3S/c1-9(2)6-14(5-3-4-13)12(18)15-8-19-7-10(15)11(16)17/h9-10H,3,5-8H2,1-2H3,(H,16,17). The molecule has 2 amide bonds. The molecular weight excluding hydrogens is 266 g/mol. The minimum atomic E-state index is -0.969. The average molecular weight is 285 g/mol. The Hall–Kier alpha value is -1.42. The molecule has 0 spiro atoms. The van der Waals surface area contributed by atoms with E-state index in [9.17, 15) is 9.59 Å². The SMILES string of the molecule is CC(C)CN(CCC#N)C(=O)N1CSCC1C(=O)O. The molecule has 1 atom stereocenters. The normalized spacial score (nSPS) is 18.4. The number of thioether (sulfide) groups is 1. The van der Waals surface area contributed by atoms with Crippen molar-refractivity contribution in [3.8, 4) is 6.07 Å². The maximum atomic E-state index is 12.4. The molecule has 1 unspecified atom stereocenters. The van der Waals surface area contributed by atoms with E-state index >= 15 is 0 Å². The summed E-state index contributed by atoms with van der Waals surface area (Å²) in [6.45, 7) is 4.86. The minimum absolute atomic E-state index is 0.261. The van der Waals surface area contributed by atoms with Crippen molar-refractivity contribution in [2.24, 2.45) is 5.92 Å². The lowest BCUT2D eigenvalue weighted by Gasteiger charge is -2.30. The fourth-order valence-corrected chi connectivity index (χ4v) is 3.05. The Morgan fingerprint density at radius 2 is 2.26 bits per heavy atom. The number of urea groups is 1. The fourth-order valence-electron chi connectivity index (χ4n) is 1.91. The van der Waals surface area contributed by atoms with Crippen LogP contribution in [0.2, 0.25) is 0 Å². The monoisotopic (exact) mass is 285 g/mol. The summed E-state index contributed by atoms with van der Waals surface area (Å²) in [6.07, 6.45) is 0.261. The van der Waals surface area contributed by atoms with Gasteiger partial charge in [0, 0.05) is 18.8 Å². The summed E-state index contributed by atoms with van der Waals surface area (Å²) in [7, 11) is 0. The Bertz CT molecular complexity index is 381. The second-order valence-electron chi connectivity index (χ2n) is 4.85. The van der Waals surface area contributed by atoms with Crippen molar-refractivity contribution in [3.05, 3.63) is 0 Å². The van der Waals surface area contributed by atoms with E-state index in [0.717, 1.165) is 0 Å². The zero-order valence-electron chi connectivity index (χ0n) is 11.2. The number of nitriles is 1. The largest absolute Gasteiger partial charge is 0.480 e. The number of rotatable bonds is 5. The molecule has 0 saturated carbocycles. The third-order valence-corrected chi connectivity index (χ3v) is 3.77. The van der Waals surface area contributed by atoms with Crippen molar-refractivity contribution < 1.29 is 14.7 Å². The van der Waals surface area contributed by atoms with Gasteiger partial charge in [-0.2, -0.15) is 5.26 Å². The van der Waals surface area contributed by atoms with Crippen LogP contribution in [0.25, 0.3) is 0 Å². The highest BCUT2D eigenvalue weighted by Gasteiger charge is 2.36. The molecule has 0 bridgehead atoms. The number of carbonyl (C=O) groups is 2. The van der Waals surface area contributed by atoms with Crippen LogP contribution in [0.15, 0.2) is 0 Å². The van der Waals surface area contributed by atoms with Gasteiger partial charge < -0.3 is 14.9 Å². The maximum absolute atomic E-state index is 12.4. The van der Waals surface area contributed by atoms with Crippen LogP contribution in [0.3, 0.4) is 0 Å². The highest BCUT2D eigenvalue weighted by atomic mass is 32.2. The van der Waals surface area contributed by atoms with E-state index in [2.05, 4.69) is 0 Å². The molecular formula is C12H19N3O3S. The van der Waals surface area contributed by atoms with Crippen LogP contribution in [-0.2, 0) is 4.79 Å². The van der Waals surface area contributed by atoms with Gasteiger partial charge in [0.15, 0.2) is 0 Å². The summed E-state index contributed by atoms with van der Waals surface area (Å²) >= 11 is 1.44. The van der Waals surface area contributed by atoms with Gasteiger partial charge in [0.1, 0.15) is 6.04 Å². The molecule has 1 aliphatic rings. The summed E-state index contributed by atoms with van der Waals surface area (Å²) in [6, 6.07) is 0.985. The molecule has 19 heavy (non-hydrogen) atoms. The van der Waals surface area contributed by atoms with Crippen molar-refractivity contribution in [1.29, 1.82) is 5.26 Å². The molecule has 0 aromatic rings. The van der Waals surface area contributed by atoms with E-state index < -0.39 is 12.0 Å². The van der Waals surface area contributed by atoms with Gasteiger partial charge in [-0.25, -0.2) is 9.59 Å². The number of nitrogens with zero attached hydrogens (tertiary/aromatic N) is 3. The van der Waals surface area contributed by atoms with Crippen LogP contribution in [0, 0.1) is 17.2 Å². The van der Waals surface area contributed by atoms with Crippen LogP contribution in [-0.4, -0.2) is 57.7 Å². The van der Waals surface area contributed by atoms with E-state index in [0.29, 0.717) is 24.7 Å². The van der Waals surface area contributed by atoms with E-state index in [1.807, 2.05) is 19.9 Å². The molecule has 1 aliphatic heterocycles. The van der Waals surface area contributed by atoms with Gasteiger partial charge >= 0.3 is 12.0 Å². The zero-order chi connectivity index (χ0) is 14.4. The molecule has 0 aromatic heterocycles. The molecule has 1 fully saturated rings. The van der Waals surface area contributed by atoms with E-state index in [4.69, 9.17) is 10.4 Å². The summed E-state index contributed by atoms with van der Waals surface area (Å²) in [5, 5.41) is 17.7. The van der Waals surface area contributed by atoms with E-state index in [1.54, 1.807) is 4.90 Å². The summed E-state index contributed by atoms with van der Waals surface area (Å²) in [4.78, 5) is 26.4. The molecule has 1 N–H and O–H groups in total. The number of hydrogen-bond donors (Lipinski definition) is 1. The van der Waals surface area contributed by atoms with Gasteiger partial charge in [0.25, 0.3) is 0 Å². The first-order valence-electron chi connectivity index (χ1n) is 6.20. The van der Waals surface area contributed by atoms with Crippen molar-refractivity contribution >= 4 is 23.8 Å². The van der Waals surface area contributed by atoms with Gasteiger partial charge in [-0.15, -0.1) is 11.8 Å². The first-order chi connectivity index (χ1) is 8.97. The molecule has 1 rings (SSSR count). The lowest BCUT2D eigenvalue weighted by molar-refractivity contribution is -0.140. The van der Waals surface area contributed by atoms with Crippen LogP contribution < -0.4 is 0 Å². The Balaban J connectivity index is 2.74. The van der Waals surface area contributed by atoms with Crippen molar-refractivity contribution in [2.75, 3.05) is 24.7 Å². The maximum Gasteiger partial charge on any atom is 0.327 e. The minimum Gasteiger partial charge on any atom is -0.480 e. The van der Waals surface area contributed by atoms with Gasteiger partial charge in [-0.1, -0.05) is 13.8 Å². The second kappa shape index (κ2) is 7.24. The Morgan fingerprint density at radius 3 is 2.79 bits per heavy atom. The van der Waals surface area contributed by atoms with Crippen LogP contribution in [0.4, 0.5) is 4.79 Å². The number of hydrogen-bond acceptors (Lipinski definition) is 4. The quantitative estimate of drug-likeness (QED) is 0.826. The first-order valence-corrected chi connectivity index (χ1v) is 7.36. The zero-order valence-corrected chi connectivity index (χ0v) is 12.0. The number of carboxylic acids is 1. The lowest BCUT2D eigenvalue weighted by atomic mass is 10.2. The molecule has 106 valence electrons. The molecule has 0 radical (unpaired) electrons. The molecule has 7 heteroatoms. The number of carboxylic acid groups (broad SMARTS) is 1. The van der Waals surface area contributed by atoms with Crippen molar-refractivity contribution in [2.45, 2.75) is 26.3 Å².